The fourth-order valence-electron chi connectivity index (χ4n) is 1.17. The predicted molar refractivity (Wildman–Crippen MR) is 50.5 cm³/mol. The van der Waals surface area contributed by atoms with Crippen LogP contribution in [0.2, 0.25) is 0 Å². The summed E-state index contributed by atoms with van der Waals surface area (Å²) in [4.78, 5) is 16.0. The van der Waals surface area contributed by atoms with Crippen LogP contribution < -0.4 is 0 Å². The topological polar surface area (TPSA) is 29.5 Å². The number of rotatable bonds is 2. The average Bonchev–Trinajstić information content (AvgIpc) is 2.25. The molecule has 0 radical (unpaired) electrons. The predicted octanol–water partition coefficient (Wildman–Crippen LogP) is 2.48. The van der Waals surface area contributed by atoms with Crippen molar-refractivity contribution in [3.8, 4) is 0 Å². The Morgan fingerprint density at radius 3 is 2.41 bits per heavy atom. The van der Waals surface area contributed by atoms with Gasteiger partial charge in [-0.2, -0.15) is 13.2 Å². The molecule has 0 fully saturated rings. The van der Waals surface area contributed by atoms with Crippen LogP contribution in [0.3, 0.4) is 0 Å². The van der Waals surface area contributed by atoms with Gasteiger partial charge < -0.3 is 0 Å². The van der Waals surface area contributed by atoms with Crippen LogP contribution in [-0.2, 0) is 11.0 Å². The lowest BCUT2D eigenvalue weighted by Gasteiger charge is -2.15. The quantitative estimate of drug-likeness (QED) is 0.597. The van der Waals surface area contributed by atoms with E-state index < -0.39 is 29.0 Å². The fraction of sp³-hybridized carbons (Fsp3) is 0.300. The largest absolute Gasteiger partial charge is 0.419 e. The molecule has 0 aliphatic carbocycles. The summed E-state index contributed by atoms with van der Waals surface area (Å²) in [7, 11) is 2.31. The van der Waals surface area contributed by atoms with E-state index in [9.17, 15) is 22.4 Å². The van der Waals surface area contributed by atoms with Gasteiger partial charge in [0.15, 0.2) is 0 Å². The Kier molecular flexibility index (Phi) is 3.72. The smallest absolute Gasteiger partial charge is 0.274 e. The van der Waals surface area contributed by atoms with E-state index in [4.69, 9.17) is 0 Å². The Morgan fingerprint density at radius 1 is 1.35 bits per heavy atom. The number of halogens is 4. The summed E-state index contributed by atoms with van der Waals surface area (Å²) in [6.07, 6.45) is -4.84. The van der Waals surface area contributed by atoms with Gasteiger partial charge in [0.25, 0.3) is 5.91 Å². The molecule has 0 N–H and O–H groups in total. The SMILES string of the molecule is CON(C)C(=O)c1cccc(C(F)(F)F)c1F. The lowest BCUT2D eigenvalue weighted by molar-refractivity contribution is -0.140. The van der Waals surface area contributed by atoms with Crippen LogP contribution in [0.15, 0.2) is 18.2 Å². The van der Waals surface area contributed by atoms with Crippen molar-refractivity contribution >= 4 is 5.91 Å². The molecule has 0 unspecified atom stereocenters. The molecule has 1 rings (SSSR count). The van der Waals surface area contributed by atoms with Gasteiger partial charge in [0.1, 0.15) is 5.82 Å². The standard InChI is InChI=1S/C10H9F4NO2/c1-15(17-2)9(16)6-4-3-5-7(8(6)11)10(12,13)14/h3-5H,1-2H3. The Morgan fingerprint density at radius 2 is 1.94 bits per heavy atom. The first kappa shape index (κ1) is 13.4. The van der Waals surface area contributed by atoms with Gasteiger partial charge in [-0.25, -0.2) is 9.45 Å². The van der Waals surface area contributed by atoms with Gasteiger partial charge in [0.05, 0.1) is 18.2 Å². The molecular formula is C10H9F4NO2. The van der Waals surface area contributed by atoms with Gasteiger partial charge in [-0.1, -0.05) is 6.07 Å². The van der Waals surface area contributed by atoms with Crippen LogP contribution in [0, 0.1) is 5.82 Å². The Labute approximate surface area is 94.5 Å². The molecule has 1 aromatic carbocycles. The summed E-state index contributed by atoms with van der Waals surface area (Å²) in [5, 5.41) is 0.637. The monoisotopic (exact) mass is 251 g/mol. The van der Waals surface area contributed by atoms with Gasteiger partial charge in [0.2, 0.25) is 0 Å². The van der Waals surface area contributed by atoms with E-state index in [0.29, 0.717) is 11.1 Å². The van der Waals surface area contributed by atoms with Crippen LogP contribution in [0.4, 0.5) is 17.6 Å². The number of amides is 1. The molecule has 1 aromatic rings. The molecule has 1 amide bonds. The Bertz CT molecular complexity index is 431. The van der Waals surface area contributed by atoms with Gasteiger partial charge >= 0.3 is 6.18 Å². The molecular weight excluding hydrogens is 242 g/mol. The van der Waals surface area contributed by atoms with E-state index in [1.165, 1.54) is 7.05 Å². The van der Waals surface area contributed by atoms with Gasteiger partial charge in [-0.3, -0.25) is 9.63 Å². The van der Waals surface area contributed by atoms with Gasteiger partial charge in [0, 0.05) is 7.05 Å². The van der Waals surface area contributed by atoms with Crippen molar-refractivity contribution in [1.82, 2.24) is 5.06 Å². The number of nitrogens with zero attached hydrogens (tertiary/aromatic N) is 1. The molecule has 7 heteroatoms. The van der Waals surface area contributed by atoms with Crippen molar-refractivity contribution in [3.05, 3.63) is 35.1 Å². The maximum absolute atomic E-state index is 13.5. The first-order valence-corrected chi connectivity index (χ1v) is 4.47. The molecule has 94 valence electrons. The van der Waals surface area contributed by atoms with Crippen molar-refractivity contribution in [1.29, 1.82) is 0 Å². The van der Waals surface area contributed by atoms with E-state index >= 15 is 0 Å². The van der Waals surface area contributed by atoms with E-state index in [2.05, 4.69) is 4.84 Å². The van der Waals surface area contributed by atoms with Gasteiger partial charge in [-0.05, 0) is 12.1 Å². The van der Waals surface area contributed by atoms with Crippen LogP contribution in [0.1, 0.15) is 15.9 Å². The minimum atomic E-state index is -4.84. The summed E-state index contributed by atoms with van der Waals surface area (Å²) in [6, 6.07) is 2.49. The highest BCUT2D eigenvalue weighted by molar-refractivity contribution is 5.93. The minimum Gasteiger partial charge on any atom is -0.274 e. The van der Waals surface area contributed by atoms with Crippen LogP contribution >= 0.6 is 0 Å². The second-order valence-electron chi connectivity index (χ2n) is 3.15. The van der Waals surface area contributed by atoms with Gasteiger partial charge in [-0.15, -0.1) is 0 Å². The third-order valence-corrected chi connectivity index (χ3v) is 2.09. The number of benzene rings is 1. The summed E-state index contributed by atoms with van der Waals surface area (Å²) in [5.74, 6) is -2.59. The molecule has 17 heavy (non-hydrogen) atoms. The molecule has 0 saturated heterocycles. The normalized spacial score (nSPS) is 11.4. The summed E-state index contributed by atoms with van der Waals surface area (Å²) in [6.45, 7) is 0. The number of hydrogen-bond acceptors (Lipinski definition) is 2. The zero-order chi connectivity index (χ0) is 13.2. The first-order valence-electron chi connectivity index (χ1n) is 4.47. The average molecular weight is 251 g/mol. The molecule has 0 atom stereocenters. The first-order chi connectivity index (χ1) is 7.79. The third-order valence-electron chi connectivity index (χ3n) is 2.09. The van der Waals surface area contributed by atoms with Crippen molar-refractivity contribution in [2.75, 3.05) is 14.2 Å². The molecule has 0 saturated carbocycles. The second kappa shape index (κ2) is 4.70. The fourth-order valence-corrected chi connectivity index (χ4v) is 1.17. The molecule has 0 spiro atoms. The summed E-state index contributed by atoms with van der Waals surface area (Å²) < 4.78 is 50.6. The third kappa shape index (κ3) is 2.73. The molecule has 0 aliphatic heterocycles. The van der Waals surface area contributed by atoms with Crippen molar-refractivity contribution in [2.24, 2.45) is 0 Å². The molecule has 0 aliphatic rings. The Balaban J connectivity index is 3.24. The minimum absolute atomic E-state index is 0.568. The number of carbonyl (C=O) groups is 1. The highest BCUT2D eigenvalue weighted by Crippen LogP contribution is 2.32. The summed E-state index contributed by atoms with van der Waals surface area (Å²) in [5.41, 5.74) is -2.17. The number of alkyl halides is 3. The number of hydroxylamine groups is 2. The highest BCUT2D eigenvalue weighted by Gasteiger charge is 2.36. The van der Waals surface area contributed by atoms with Crippen LogP contribution in [0.25, 0.3) is 0 Å². The van der Waals surface area contributed by atoms with E-state index in [0.717, 1.165) is 19.2 Å². The van der Waals surface area contributed by atoms with Crippen molar-refractivity contribution in [3.63, 3.8) is 0 Å². The number of hydrogen-bond donors (Lipinski definition) is 0. The Hall–Kier alpha value is -1.63. The highest BCUT2D eigenvalue weighted by atomic mass is 19.4. The molecule has 0 heterocycles. The van der Waals surface area contributed by atoms with E-state index in [1.807, 2.05) is 0 Å². The zero-order valence-corrected chi connectivity index (χ0v) is 9.01. The maximum atomic E-state index is 13.5. The lowest BCUT2D eigenvalue weighted by Crippen LogP contribution is -2.27. The second-order valence-corrected chi connectivity index (χ2v) is 3.15. The maximum Gasteiger partial charge on any atom is 0.419 e. The summed E-state index contributed by atoms with van der Waals surface area (Å²) >= 11 is 0. The zero-order valence-electron chi connectivity index (χ0n) is 9.01. The lowest BCUT2D eigenvalue weighted by atomic mass is 10.1. The van der Waals surface area contributed by atoms with E-state index in [-0.39, 0.29) is 0 Å². The van der Waals surface area contributed by atoms with Crippen LogP contribution in [0.5, 0.6) is 0 Å². The molecule has 3 nitrogen and oxygen atoms in total. The van der Waals surface area contributed by atoms with Crippen molar-refractivity contribution < 1.29 is 27.2 Å². The van der Waals surface area contributed by atoms with Crippen LogP contribution in [-0.4, -0.2) is 25.1 Å². The molecule has 0 aromatic heterocycles. The van der Waals surface area contributed by atoms with Crippen molar-refractivity contribution in [2.45, 2.75) is 6.18 Å². The molecule has 0 bridgehead atoms. The number of carbonyl (C=O) groups excluding carboxylic acids is 1. The van der Waals surface area contributed by atoms with E-state index in [1.54, 1.807) is 0 Å².